The smallest absolute Gasteiger partial charge is 0.344 e. The number of rotatable bonds is 2. The second-order valence-corrected chi connectivity index (χ2v) is 2.80. The van der Waals surface area contributed by atoms with Crippen molar-refractivity contribution >= 4 is 5.97 Å². The van der Waals surface area contributed by atoms with E-state index >= 15 is 0 Å². The van der Waals surface area contributed by atoms with Gasteiger partial charge in [0.15, 0.2) is 0 Å². The van der Waals surface area contributed by atoms with Gasteiger partial charge in [0.25, 0.3) is 0 Å². The van der Waals surface area contributed by atoms with Crippen molar-refractivity contribution in [3.8, 4) is 5.88 Å². The Morgan fingerprint density at radius 3 is 2.60 bits per heavy atom. The maximum atomic E-state index is 11.5. The van der Waals surface area contributed by atoms with E-state index in [1.807, 2.05) is 6.07 Å². The van der Waals surface area contributed by atoms with E-state index in [-0.39, 0.29) is 5.88 Å². The van der Waals surface area contributed by atoms with Crippen LogP contribution < -0.4 is 4.74 Å². The van der Waals surface area contributed by atoms with Crippen molar-refractivity contribution in [3.05, 3.63) is 54.5 Å². The van der Waals surface area contributed by atoms with Crippen LogP contribution in [0.15, 0.2) is 48.9 Å². The van der Waals surface area contributed by atoms with Crippen molar-refractivity contribution in [2.24, 2.45) is 0 Å². The molecular weight excluding hydrogens is 192 g/mol. The minimum atomic E-state index is -0.434. The third-order valence-corrected chi connectivity index (χ3v) is 1.75. The van der Waals surface area contributed by atoms with E-state index in [2.05, 4.69) is 9.97 Å². The fourth-order valence-corrected chi connectivity index (χ4v) is 1.07. The molecule has 0 atom stereocenters. The van der Waals surface area contributed by atoms with Crippen LogP contribution in [0.1, 0.15) is 10.4 Å². The second kappa shape index (κ2) is 4.32. The van der Waals surface area contributed by atoms with Crippen LogP contribution in [0.25, 0.3) is 0 Å². The molecule has 0 amide bonds. The molecule has 0 N–H and O–H groups in total. The van der Waals surface area contributed by atoms with Crippen molar-refractivity contribution in [1.82, 2.24) is 9.97 Å². The van der Waals surface area contributed by atoms with Gasteiger partial charge in [-0.05, 0) is 12.1 Å². The maximum Gasteiger partial charge on any atom is 0.344 e. The van der Waals surface area contributed by atoms with Gasteiger partial charge < -0.3 is 4.74 Å². The van der Waals surface area contributed by atoms with Gasteiger partial charge in [-0.15, -0.1) is 0 Å². The summed E-state index contributed by atoms with van der Waals surface area (Å²) >= 11 is 0. The van der Waals surface area contributed by atoms with Gasteiger partial charge in [-0.3, -0.25) is 4.98 Å². The van der Waals surface area contributed by atoms with Crippen molar-refractivity contribution in [2.45, 2.75) is 0 Å². The monoisotopic (exact) mass is 200 g/mol. The summed E-state index contributed by atoms with van der Waals surface area (Å²) in [7, 11) is 0. The van der Waals surface area contributed by atoms with Gasteiger partial charge in [0, 0.05) is 12.4 Å². The average molecular weight is 200 g/mol. The highest BCUT2D eigenvalue weighted by Gasteiger charge is 2.07. The van der Waals surface area contributed by atoms with Crippen LogP contribution in [0, 0.1) is 0 Å². The number of carbonyl (C=O) groups is 1. The van der Waals surface area contributed by atoms with Crippen LogP contribution in [0.5, 0.6) is 5.88 Å². The highest BCUT2D eigenvalue weighted by Crippen LogP contribution is 2.06. The lowest BCUT2D eigenvalue weighted by molar-refractivity contribution is 0.0727. The first-order valence-corrected chi connectivity index (χ1v) is 4.39. The molecule has 4 nitrogen and oxygen atoms in total. The SMILES string of the molecule is O=C(Oc1cnccn1)c1ccccc1. The normalized spacial score (nSPS) is 9.60. The number of carbonyl (C=O) groups excluding carboxylic acids is 1. The fraction of sp³-hybridized carbons (Fsp3) is 0. The predicted molar refractivity (Wildman–Crippen MR) is 53.4 cm³/mol. The Kier molecular flexibility index (Phi) is 2.69. The third kappa shape index (κ3) is 2.37. The molecule has 0 unspecified atom stereocenters. The standard InChI is InChI=1S/C11H8N2O2/c14-11(9-4-2-1-3-5-9)15-10-8-12-6-7-13-10/h1-8H. The topological polar surface area (TPSA) is 52.1 Å². The first kappa shape index (κ1) is 9.33. The molecule has 1 aromatic carbocycles. The number of hydrogen-bond donors (Lipinski definition) is 0. The van der Waals surface area contributed by atoms with Crippen molar-refractivity contribution < 1.29 is 9.53 Å². The van der Waals surface area contributed by atoms with E-state index in [0.29, 0.717) is 5.56 Å². The summed E-state index contributed by atoms with van der Waals surface area (Å²) in [6.45, 7) is 0. The number of esters is 1. The lowest BCUT2D eigenvalue weighted by Gasteiger charge is -2.01. The molecule has 0 saturated carbocycles. The van der Waals surface area contributed by atoms with Gasteiger partial charge in [0.2, 0.25) is 5.88 Å². The molecular formula is C11H8N2O2. The Labute approximate surface area is 86.6 Å². The molecule has 4 heteroatoms. The van der Waals surface area contributed by atoms with Crippen molar-refractivity contribution in [1.29, 1.82) is 0 Å². The molecule has 15 heavy (non-hydrogen) atoms. The van der Waals surface area contributed by atoms with E-state index in [1.54, 1.807) is 24.3 Å². The van der Waals surface area contributed by atoms with Gasteiger partial charge in [0.05, 0.1) is 11.8 Å². The van der Waals surface area contributed by atoms with Crippen LogP contribution in [0.3, 0.4) is 0 Å². The highest BCUT2D eigenvalue weighted by atomic mass is 16.5. The Bertz CT molecular complexity index is 443. The van der Waals surface area contributed by atoms with Gasteiger partial charge in [-0.1, -0.05) is 18.2 Å². The Morgan fingerprint density at radius 2 is 1.93 bits per heavy atom. The van der Waals surface area contributed by atoms with Crippen LogP contribution in [-0.2, 0) is 0 Å². The molecule has 1 heterocycles. The number of ether oxygens (including phenoxy) is 1. The van der Waals surface area contributed by atoms with E-state index in [4.69, 9.17) is 4.74 Å². The highest BCUT2D eigenvalue weighted by molar-refractivity contribution is 5.90. The van der Waals surface area contributed by atoms with Gasteiger partial charge >= 0.3 is 5.97 Å². The van der Waals surface area contributed by atoms with Crippen LogP contribution in [-0.4, -0.2) is 15.9 Å². The lowest BCUT2D eigenvalue weighted by atomic mass is 10.2. The maximum absolute atomic E-state index is 11.5. The van der Waals surface area contributed by atoms with Crippen LogP contribution in [0.4, 0.5) is 0 Å². The van der Waals surface area contributed by atoms with E-state index < -0.39 is 5.97 Å². The van der Waals surface area contributed by atoms with E-state index in [9.17, 15) is 4.79 Å². The molecule has 0 fully saturated rings. The Hall–Kier alpha value is -2.23. The summed E-state index contributed by atoms with van der Waals surface area (Å²) in [5.41, 5.74) is 0.489. The lowest BCUT2D eigenvalue weighted by Crippen LogP contribution is -2.09. The summed E-state index contributed by atoms with van der Waals surface area (Å²) in [6.07, 6.45) is 4.37. The molecule has 0 radical (unpaired) electrons. The summed E-state index contributed by atoms with van der Waals surface area (Å²) < 4.78 is 4.99. The van der Waals surface area contributed by atoms with Gasteiger partial charge in [-0.2, -0.15) is 0 Å². The zero-order chi connectivity index (χ0) is 10.5. The summed E-state index contributed by atoms with van der Waals surface area (Å²) in [4.78, 5) is 19.2. The molecule has 0 aliphatic rings. The molecule has 0 aliphatic carbocycles. The Morgan fingerprint density at radius 1 is 1.13 bits per heavy atom. The minimum Gasteiger partial charge on any atom is -0.402 e. The Balaban J connectivity index is 2.12. The molecule has 74 valence electrons. The summed E-state index contributed by atoms with van der Waals surface area (Å²) in [6, 6.07) is 8.73. The molecule has 2 rings (SSSR count). The average Bonchev–Trinajstić information content (AvgIpc) is 2.31. The first-order chi connectivity index (χ1) is 7.36. The second-order valence-electron chi connectivity index (χ2n) is 2.80. The van der Waals surface area contributed by atoms with Gasteiger partial charge in [-0.25, -0.2) is 9.78 Å². The predicted octanol–water partition coefficient (Wildman–Crippen LogP) is 1.70. The van der Waals surface area contributed by atoms with E-state index in [1.165, 1.54) is 18.6 Å². The fourth-order valence-electron chi connectivity index (χ4n) is 1.07. The zero-order valence-corrected chi connectivity index (χ0v) is 7.83. The van der Waals surface area contributed by atoms with Crippen LogP contribution >= 0.6 is 0 Å². The quantitative estimate of drug-likeness (QED) is 0.692. The first-order valence-electron chi connectivity index (χ1n) is 4.39. The zero-order valence-electron chi connectivity index (χ0n) is 7.83. The van der Waals surface area contributed by atoms with Crippen LogP contribution in [0.2, 0.25) is 0 Å². The minimum absolute atomic E-state index is 0.200. The van der Waals surface area contributed by atoms with Crippen molar-refractivity contribution in [3.63, 3.8) is 0 Å². The number of hydrogen-bond acceptors (Lipinski definition) is 4. The molecule has 2 aromatic rings. The number of benzene rings is 1. The molecule has 1 aromatic heterocycles. The molecule has 0 spiro atoms. The molecule has 0 aliphatic heterocycles. The molecule has 0 bridgehead atoms. The number of nitrogens with zero attached hydrogens (tertiary/aromatic N) is 2. The van der Waals surface area contributed by atoms with E-state index in [0.717, 1.165) is 0 Å². The summed E-state index contributed by atoms with van der Waals surface area (Å²) in [5.74, 6) is -0.234. The summed E-state index contributed by atoms with van der Waals surface area (Å²) in [5, 5.41) is 0. The van der Waals surface area contributed by atoms with Crippen molar-refractivity contribution in [2.75, 3.05) is 0 Å². The largest absolute Gasteiger partial charge is 0.402 e. The number of aromatic nitrogens is 2. The van der Waals surface area contributed by atoms with Gasteiger partial charge in [0.1, 0.15) is 0 Å². The third-order valence-electron chi connectivity index (χ3n) is 1.75. The molecule has 0 saturated heterocycles.